The number of nitrogens with zero attached hydrogens (tertiary/aromatic N) is 2. The molecule has 0 atom stereocenters. The van der Waals surface area contributed by atoms with Crippen molar-refractivity contribution < 1.29 is 13.2 Å². The van der Waals surface area contributed by atoms with E-state index in [-0.39, 0.29) is 22.2 Å². The average molecular weight is 520 g/mol. The van der Waals surface area contributed by atoms with Crippen molar-refractivity contribution in [2.45, 2.75) is 25.3 Å². The van der Waals surface area contributed by atoms with E-state index in [2.05, 4.69) is 24.1 Å². The van der Waals surface area contributed by atoms with Gasteiger partial charge in [0, 0.05) is 30.3 Å². The van der Waals surface area contributed by atoms with Crippen LogP contribution in [0, 0.1) is 0 Å². The maximum absolute atomic E-state index is 13.4. The second-order valence-electron chi connectivity index (χ2n) is 7.54. The van der Waals surface area contributed by atoms with Crippen molar-refractivity contribution in [1.29, 1.82) is 0 Å². The van der Waals surface area contributed by atoms with Gasteiger partial charge < -0.3 is 10.2 Å². The van der Waals surface area contributed by atoms with Crippen molar-refractivity contribution in [2.75, 3.05) is 28.8 Å². The molecule has 0 aliphatic carbocycles. The smallest absolute Gasteiger partial charge is 0.264 e. The largest absolute Gasteiger partial charge is 0.372 e. The number of anilines is 2. The summed E-state index contributed by atoms with van der Waals surface area (Å²) in [5.41, 5.74) is 2.19. The Morgan fingerprint density at radius 1 is 0.912 bits per heavy atom. The van der Waals surface area contributed by atoms with Gasteiger partial charge in [-0.25, -0.2) is 8.42 Å². The first-order valence-corrected chi connectivity index (χ1v) is 13.1. The van der Waals surface area contributed by atoms with Gasteiger partial charge in [0.25, 0.3) is 10.0 Å². The predicted octanol–water partition coefficient (Wildman–Crippen LogP) is 5.35. The molecule has 0 spiro atoms. The summed E-state index contributed by atoms with van der Waals surface area (Å²) in [4.78, 5) is 15.1. The monoisotopic (exact) mass is 519 g/mol. The Morgan fingerprint density at radius 3 is 2.15 bits per heavy atom. The normalized spacial score (nSPS) is 11.2. The third kappa shape index (κ3) is 6.23. The molecule has 3 rings (SSSR count). The standard InChI is InChI=1S/C25H27Cl2N3O3S/c1-3-29(4-2)21-13-10-19(11-14-21)17-28-25(31)18-30(24-15-12-20(26)16-23(24)27)34(32,33)22-8-6-5-7-9-22/h5-16H,3-4,17-18H2,1-2H3,(H,28,31). The molecule has 0 bridgehead atoms. The summed E-state index contributed by atoms with van der Waals surface area (Å²) < 4.78 is 27.8. The van der Waals surface area contributed by atoms with Crippen molar-refractivity contribution >= 4 is 50.5 Å². The van der Waals surface area contributed by atoms with E-state index in [0.717, 1.165) is 28.6 Å². The number of sulfonamides is 1. The van der Waals surface area contributed by atoms with Gasteiger partial charge in [0.15, 0.2) is 0 Å². The molecule has 1 amide bonds. The summed E-state index contributed by atoms with van der Waals surface area (Å²) in [6.45, 7) is 5.85. The molecule has 0 saturated heterocycles. The molecule has 0 fully saturated rings. The number of carbonyl (C=O) groups is 1. The fourth-order valence-corrected chi connectivity index (χ4v) is 5.52. The minimum atomic E-state index is -4.05. The molecule has 0 radical (unpaired) electrons. The number of carbonyl (C=O) groups excluding carboxylic acids is 1. The molecule has 3 aromatic carbocycles. The Morgan fingerprint density at radius 2 is 1.56 bits per heavy atom. The minimum Gasteiger partial charge on any atom is -0.372 e. The summed E-state index contributed by atoms with van der Waals surface area (Å²) >= 11 is 12.3. The maximum Gasteiger partial charge on any atom is 0.264 e. The van der Waals surface area contributed by atoms with E-state index in [9.17, 15) is 13.2 Å². The molecule has 0 heterocycles. The van der Waals surface area contributed by atoms with Gasteiger partial charge in [0.2, 0.25) is 5.91 Å². The SMILES string of the molecule is CCN(CC)c1ccc(CNC(=O)CN(c2ccc(Cl)cc2Cl)S(=O)(=O)c2ccccc2)cc1. The van der Waals surface area contributed by atoms with E-state index in [4.69, 9.17) is 23.2 Å². The number of nitrogens with one attached hydrogen (secondary N) is 1. The van der Waals surface area contributed by atoms with Gasteiger partial charge in [-0.15, -0.1) is 0 Å². The minimum absolute atomic E-state index is 0.0563. The van der Waals surface area contributed by atoms with Gasteiger partial charge in [-0.2, -0.15) is 0 Å². The number of amides is 1. The van der Waals surface area contributed by atoms with Crippen molar-refractivity contribution in [3.05, 3.63) is 88.4 Å². The molecule has 180 valence electrons. The third-order valence-electron chi connectivity index (χ3n) is 5.35. The van der Waals surface area contributed by atoms with Crippen LogP contribution >= 0.6 is 23.2 Å². The molecule has 1 N–H and O–H groups in total. The second kappa shape index (κ2) is 11.6. The molecule has 3 aromatic rings. The summed E-state index contributed by atoms with van der Waals surface area (Å²) in [6.07, 6.45) is 0. The van der Waals surface area contributed by atoms with E-state index >= 15 is 0 Å². The topological polar surface area (TPSA) is 69.7 Å². The lowest BCUT2D eigenvalue weighted by atomic mass is 10.2. The number of hydrogen-bond donors (Lipinski definition) is 1. The van der Waals surface area contributed by atoms with Crippen molar-refractivity contribution in [2.24, 2.45) is 0 Å². The number of hydrogen-bond acceptors (Lipinski definition) is 4. The first kappa shape index (κ1) is 25.9. The number of rotatable bonds is 10. The van der Waals surface area contributed by atoms with Crippen LogP contribution in [0.25, 0.3) is 0 Å². The summed E-state index contributed by atoms with van der Waals surface area (Å²) in [5.74, 6) is -0.460. The zero-order valence-corrected chi connectivity index (χ0v) is 21.4. The van der Waals surface area contributed by atoms with Crippen LogP contribution in [0.1, 0.15) is 19.4 Å². The van der Waals surface area contributed by atoms with Gasteiger partial charge in [0.05, 0.1) is 15.6 Å². The Balaban J connectivity index is 1.79. The maximum atomic E-state index is 13.4. The Labute approximate surface area is 211 Å². The van der Waals surface area contributed by atoms with Crippen LogP contribution in [0.2, 0.25) is 10.0 Å². The fraction of sp³-hybridized carbons (Fsp3) is 0.240. The molecule has 0 aliphatic rings. The fourth-order valence-electron chi connectivity index (χ4n) is 3.50. The van der Waals surface area contributed by atoms with Crippen LogP contribution in [0.3, 0.4) is 0 Å². The molecule has 0 aromatic heterocycles. The zero-order valence-electron chi connectivity index (χ0n) is 19.0. The highest BCUT2D eigenvalue weighted by atomic mass is 35.5. The molecule has 0 saturated carbocycles. The Hall–Kier alpha value is -2.74. The van der Waals surface area contributed by atoms with E-state index in [1.54, 1.807) is 18.2 Å². The van der Waals surface area contributed by atoms with E-state index < -0.39 is 22.5 Å². The Kier molecular flexibility index (Phi) is 8.83. The van der Waals surface area contributed by atoms with Crippen LogP contribution < -0.4 is 14.5 Å². The molecular weight excluding hydrogens is 493 g/mol. The van der Waals surface area contributed by atoms with Crippen molar-refractivity contribution in [3.63, 3.8) is 0 Å². The predicted molar refractivity (Wildman–Crippen MR) is 139 cm³/mol. The van der Waals surface area contributed by atoms with Gasteiger partial charge in [-0.1, -0.05) is 53.5 Å². The van der Waals surface area contributed by atoms with Crippen LogP contribution in [0.4, 0.5) is 11.4 Å². The molecule has 6 nitrogen and oxygen atoms in total. The van der Waals surface area contributed by atoms with Crippen LogP contribution in [-0.4, -0.2) is 34.0 Å². The lowest BCUT2D eigenvalue weighted by molar-refractivity contribution is -0.119. The highest BCUT2D eigenvalue weighted by molar-refractivity contribution is 7.92. The quantitative estimate of drug-likeness (QED) is 0.391. The molecule has 34 heavy (non-hydrogen) atoms. The highest BCUT2D eigenvalue weighted by Gasteiger charge is 2.28. The summed E-state index contributed by atoms with van der Waals surface area (Å²) in [6, 6.07) is 20.3. The van der Waals surface area contributed by atoms with Crippen LogP contribution in [-0.2, 0) is 21.4 Å². The Bertz CT molecular complexity index is 1220. The van der Waals surface area contributed by atoms with E-state index in [1.807, 2.05) is 24.3 Å². The van der Waals surface area contributed by atoms with Crippen LogP contribution in [0.5, 0.6) is 0 Å². The lowest BCUT2D eigenvalue weighted by Gasteiger charge is -2.25. The van der Waals surface area contributed by atoms with Crippen LogP contribution in [0.15, 0.2) is 77.7 Å². The first-order chi connectivity index (χ1) is 16.3. The van der Waals surface area contributed by atoms with E-state index in [1.165, 1.54) is 30.3 Å². The average Bonchev–Trinajstić information content (AvgIpc) is 2.84. The molecule has 9 heteroatoms. The first-order valence-electron chi connectivity index (χ1n) is 10.9. The molecular formula is C25H27Cl2N3O3S. The molecule has 0 aliphatic heterocycles. The highest BCUT2D eigenvalue weighted by Crippen LogP contribution is 2.32. The second-order valence-corrected chi connectivity index (χ2v) is 10.2. The zero-order chi connectivity index (χ0) is 24.7. The lowest BCUT2D eigenvalue weighted by Crippen LogP contribution is -2.40. The van der Waals surface area contributed by atoms with Crippen molar-refractivity contribution in [3.8, 4) is 0 Å². The summed E-state index contributed by atoms with van der Waals surface area (Å²) in [7, 11) is -4.05. The van der Waals surface area contributed by atoms with Crippen molar-refractivity contribution in [1.82, 2.24) is 5.32 Å². The third-order valence-corrected chi connectivity index (χ3v) is 7.66. The number of halogens is 2. The van der Waals surface area contributed by atoms with Gasteiger partial charge in [-0.05, 0) is 61.9 Å². The molecule has 0 unspecified atom stereocenters. The van der Waals surface area contributed by atoms with Gasteiger partial charge >= 0.3 is 0 Å². The van der Waals surface area contributed by atoms with E-state index in [0.29, 0.717) is 5.02 Å². The summed E-state index contributed by atoms with van der Waals surface area (Å²) in [5, 5.41) is 3.30. The number of benzene rings is 3. The van der Waals surface area contributed by atoms with Gasteiger partial charge in [-0.3, -0.25) is 9.10 Å². The van der Waals surface area contributed by atoms with Gasteiger partial charge in [0.1, 0.15) is 6.54 Å².